The summed E-state index contributed by atoms with van der Waals surface area (Å²) in [6.45, 7) is 3.38. The molecule has 0 spiro atoms. The molecule has 8 heteroatoms. The Morgan fingerprint density at radius 1 is 1.52 bits per heavy atom. The Morgan fingerprint density at radius 3 is 2.81 bits per heavy atom. The van der Waals surface area contributed by atoms with Gasteiger partial charge in [-0.05, 0) is 19.1 Å². The fourth-order valence-electron chi connectivity index (χ4n) is 2.28. The van der Waals surface area contributed by atoms with Gasteiger partial charge in [0, 0.05) is 30.7 Å². The monoisotopic (exact) mass is 328 g/mol. The molecule has 1 aromatic heterocycles. The van der Waals surface area contributed by atoms with Crippen molar-refractivity contribution >= 4 is 40.0 Å². The van der Waals surface area contributed by atoms with Crippen LogP contribution < -0.4 is 5.32 Å². The maximum Gasteiger partial charge on any atom is 0.229 e. The number of likely N-dealkylation sites (tertiary alicyclic amines) is 1. The topological polar surface area (TPSA) is 75.2 Å². The van der Waals surface area contributed by atoms with E-state index in [4.69, 9.17) is 0 Å². The number of thioether (sulfide) groups is 1. The van der Waals surface area contributed by atoms with Gasteiger partial charge >= 0.3 is 0 Å². The number of hydrogen-bond donors (Lipinski definition) is 1. The highest BCUT2D eigenvalue weighted by Crippen LogP contribution is 2.21. The van der Waals surface area contributed by atoms with Crippen molar-refractivity contribution in [2.24, 2.45) is 5.92 Å². The number of carbonyl (C=O) groups is 2. The molecule has 21 heavy (non-hydrogen) atoms. The summed E-state index contributed by atoms with van der Waals surface area (Å²) in [5, 5.41) is 11.2. The lowest BCUT2D eigenvalue weighted by molar-refractivity contribution is -0.134. The molecule has 1 saturated heterocycles. The summed E-state index contributed by atoms with van der Waals surface area (Å²) >= 11 is 3.01. The second-order valence-electron chi connectivity index (χ2n) is 5.14. The molecule has 0 radical (unpaired) electrons. The summed E-state index contributed by atoms with van der Waals surface area (Å²) in [5.74, 6) is 0.132. The average molecular weight is 328 g/mol. The summed E-state index contributed by atoms with van der Waals surface area (Å²) in [5.41, 5.74) is 1.59. The molecule has 116 valence electrons. The van der Waals surface area contributed by atoms with Gasteiger partial charge in [0.15, 0.2) is 0 Å². The van der Waals surface area contributed by atoms with Crippen LogP contribution in [0.15, 0.2) is 5.51 Å². The van der Waals surface area contributed by atoms with E-state index >= 15 is 0 Å². The highest BCUT2D eigenvalue weighted by Gasteiger charge is 2.28. The van der Waals surface area contributed by atoms with Crippen LogP contribution in [-0.2, 0) is 9.59 Å². The molecule has 0 bridgehead atoms. The Bertz CT molecular complexity index is 473. The molecular formula is C13H20N4O2S2. The van der Waals surface area contributed by atoms with E-state index in [2.05, 4.69) is 22.4 Å². The molecule has 1 N–H and O–H groups in total. The number of carbonyl (C=O) groups excluding carboxylic acids is 2. The lowest BCUT2D eigenvalue weighted by atomic mass is 9.95. The predicted molar refractivity (Wildman–Crippen MR) is 85.4 cm³/mol. The predicted octanol–water partition coefficient (Wildman–Crippen LogP) is 1.86. The minimum atomic E-state index is -0.0454. The molecule has 1 aliphatic heterocycles. The molecule has 1 aliphatic rings. The zero-order valence-electron chi connectivity index (χ0n) is 12.2. The molecular weight excluding hydrogens is 308 g/mol. The molecule has 1 atom stereocenters. The molecule has 1 fully saturated rings. The fourth-order valence-corrected chi connectivity index (χ4v) is 3.04. The molecule has 0 saturated carbocycles. The molecule has 1 aromatic rings. The van der Waals surface area contributed by atoms with E-state index in [1.54, 1.807) is 17.3 Å². The van der Waals surface area contributed by atoms with Crippen molar-refractivity contribution < 1.29 is 9.59 Å². The smallest absolute Gasteiger partial charge is 0.229 e. The van der Waals surface area contributed by atoms with Crippen LogP contribution in [0.4, 0.5) is 5.13 Å². The maximum absolute atomic E-state index is 12.1. The van der Waals surface area contributed by atoms with Crippen molar-refractivity contribution in [3.8, 4) is 0 Å². The molecule has 6 nitrogen and oxygen atoms in total. The van der Waals surface area contributed by atoms with Crippen LogP contribution in [0.5, 0.6) is 0 Å². The van der Waals surface area contributed by atoms with Crippen LogP contribution in [0.25, 0.3) is 0 Å². The summed E-state index contributed by atoms with van der Waals surface area (Å²) in [6.07, 6.45) is 4.01. The van der Waals surface area contributed by atoms with E-state index < -0.39 is 0 Å². The molecule has 0 aromatic carbocycles. The second kappa shape index (κ2) is 7.74. The minimum Gasteiger partial charge on any atom is -0.343 e. The summed E-state index contributed by atoms with van der Waals surface area (Å²) in [6, 6.07) is 0. The van der Waals surface area contributed by atoms with Gasteiger partial charge in [-0.25, -0.2) is 0 Å². The lowest BCUT2D eigenvalue weighted by Crippen LogP contribution is -2.42. The first kappa shape index (κ1) is 16.2. The number of amides is 2. The number of piperidine rings is 1. The highest BCUT2D eigenvalue weighted by molar-refractivity contribution is 7.99. The van der Waals surface area contributed by atoms with Gasteiger partial charge in [0.25, 0.3) is 0 Å². The molecule has 0 unspecified atom stereocenters. The van der Waals surface area contributed by atoms with Crippen molar-refractivity contribution in [2.45, 2.75) is 31.4 Å². The van der Waals surface area contributed by atoms with E-state index in [1.807, 2.05) is 11.2 Å². The van der Waals surface area contributed by atoms with Crippen LogP contribution in [0.3, 0.4) is 0 Å². The van der Waals surface area contributed by atoms with Gasteiger partial charge in [0.2, 0.25) is 16.9 Å². The van der Waals surface area contributed by atoms with Crippen molar-refractivity contribution in [2.75, 3.05) is 24.7 Å². The summed E-state index contributed by atoms with van der Waals surface area (Å²) in [7, 11) is 0. The third kappa shape index (κ3) is 4.67. The number of anilines is 1. The lowest BCUT2D eigenvalue weighted by Gasteiger charge is -2.31. The normalized spacial score (nSPS) is 17.5. The van der Waals surface area contributed by atoms with E-state index in [9.17, 15) is 9.59 Å². The van der Waals surface area contributed by atoms with Gasteiger partial charge < -0.3 is 10.2 Å². The average Bonchev–Trinajstić information content (AvgIpc) is 3.00. The first-order valence-electron chi connectivity index (χ1n) is 6.97. The van der Waals surface area contributed by atoms with Gasteiger partial charge in [-0.3, -0.25) is 9.59 Å². The van der Waals surface area contributed by atoms with Crippen molar-refractivity contribution in [1.29, 1.82) is 0 Å². The quantitative estimate of drug-likeness (QED) is 0.893. The van der Waals surface area contributed by atoms with E-state index in [1.165, 1.54) is 11.3 Å². The van der Waals surface area contributed by atoms with E-state index in [0.29, 0.717) is 42.7 Å². The number of hydrogen-bond acceptors (Lipinski definition) is 6. The summed E-state index contributed by atoms with van der Waals surface area (Å²) < 4.78 is 0. The van der Waals surface area contributed by atoms with Gasteiger partial charge in [-0.15, -0.1) is 10.2 Å². The molecule has 2 amide bonds. The number of rotatable bonds is 5. The van der Waals surface area contributed by atoms with Crippen molar-refractivity contribution in [3.05, 3.63) is 5.51 Å². The fraction of sp³-hybridized carbons (Fsp3) is 0.692. The largest absolute Gasteiger partial charge is 0.343 e. The first-order valence-corrected chi connectivity index (χ1v) is 9.14. The minimum absolute atomic E-state index is 0.0173. The number of nitrogens with one attached hydrogen (secondary N) is 1. The summed E-state index contributed by atoms with van der Waals surface area (Å²) in [4.78, 5) is 26.1. The zero-order chi connectivity index (χ0) is 15.2. The van der Waals surface area contributed by atoms with Crippen molar-refractivity contribution in [1.82, 2.24) is 15.1 Å². The van der Waals surface area contributed by atoms with Crippen molar-refractivity contribution in [3.63, 3.8) is 0 Å². The molecule has 0 aliphatic carbocycles. The standard InChI is InChI=1S/C13H20N4O2S2/c1-9(20-2)7-11(18)17-5-3-10(4-6-17)12(19)15-13-16-14-8-21-13/h8-10H,3-7H2,1-2H3,(H,15,16,19)/t9-/m1/s1. The number of nitrogens with zero attached hydrogens (tertiary/aromatic N) is 3. The van der Waals surface area contributed by atoms with Crippen LogP contribution in [0.1, 0.15) is 26.2 Å². The Hall–Kier alpha value is -1.15. The Labute approximate surface area is 132 Å². The van der Waals surface area contributed by atoms with E-state index in [-0.39, 0.29) is 17.7 Å². The second-order valence-corrected chi connectivity index (χ2v) is 7.25. The van der Waals surface area contributed by atoms with Crippen LogP contribution in [-0.4, -0.2) is 51.5 Å². The van der Waals surface area contributed by atoms with Gasteiger partial charge in [-0.1, -0.05) is 18.3 Å². The molecule has 2 heterocycles. The highest BCUT2D eigenvalue weighted by atomic mass is 32.2. The first-order chi connectivity index (χ1) is 10.1. The third-order valence-corrected chi connectivity index (χ3v) is 5.25. The van der Waals surface area contributed by atoms with Crippen LogP contribution in [0, 0.1) is 5.92 Å². The van der Waals surface area contributed by atoms with Crippen LogP contribution >= 0.6 is 23.1 Å². The van der Waals surface area contributed by atoms with Gasteiger partial charge in [0.1, 0.15) is 5.51 Å². The zero-order valence-corrected chi connectivity index (χ0v) is 13.9. The van der Waals surface area contributed by atoms with Gasteiger partial charge in [0.05, 0.1) is 0 Å². The van der Waals surface area contributed by atoms with Gasteiger partial charge in [-0.2, -0.15) is 11.8 Å². The molecule has 2 rings (SSSR count). The SMILES string of the molecule is CS[C@H](C)CC(=O)N1CCC(C(=O)Nc2nncs2)CC1. The Balaban J connectivity index is 1.77. The van der Waals surface area contributed by atoms with E-state index in [0.717, 1.165) is 0 Å². The Morgan fingerprint density at radius 2 is 2.24 bits per heavy atom. The van der Waals surface area contributed by atoms with Crippen LogP contribution in [0.2, 0.25) is 0 Å². The third-order valence-electron chi connectivity index (χ3n) is 3.67. The Kier molecular flexibility index (Phi) is 5.98. The maximum atomic E-state index is 12.1. The number of aromatic nitrogens is 2.